The standard InChI is InChI=1S/C20H22N6O.H2S/c1-13(16-5-6-21-17-4-3-7-27-20(16)17)9-24-19-8-18(25-12-26-19)15-10-22-14(2)23-11-15;/h5-6,8,10-13H,3-4,7,9H2,1-2H3,(H,24,25,26);1H2/t13-;/m1./s1. The highest BCUT2D eigenvalue weighted by Crippen LogP contribution is 2.32. The van der Waals surface area contributed by atoms with E-state index in [0.717, 1.165) is 60.3 Å². The molecule has 7 nitrogen and oxygen atoms in total. The SMILES string of the molecule is Cc1ncc(-c2cc(NC[C@@H](C)c3ccnc4c3OCCC4)ncn2)cn1.S. The van der Waals surface area contributed by atoms with E-state index < -0.39 is 0 Å². The molecular weight excluding hydrogens is 372 g/mol. The Morgan fingerprint density at radius 3 is 2.79 bits per heavy atom. The van der Waals surface area contributed by atoms with Gasteiger partial charge in [0.2, 0.25) is 0 Å². The molecule has 4 heterocycles. The normalized spacial score (nSPS) is 13.6. The third-order valence-electron chi connectivity index (χ3n) is 4.68. The average molecular weight is 397 g/mol. The van der Waals surface area contributed by atoms with Crippen LogP contribution in [-0.4, -0.2) is 38.1 Å². The van der Waals surface area contributed by atoms with Gasteiger partial charge in [-0.2, -0.15) is 13.5 Å². The van der Waals surface area contributed by atoms with Crippen LogP contribution in [-0.2, 0) is 6.42 Å². The maximum atomic E-state index is 5.88. The second-order valence-electron chi connectivity index (χ2n) is 6.72. The third kappa shape index (κ3) is 4.39. The first kappa shape index (κ1) is 20.0. The van der Waals surface area contributed by atoms with Gasteiger partial charge in [-0.05, 0) is 25.8 Å². The monoisotopic (exact) mass is 396 g/mol. The zero-order valence-electron chi connectivity index (χ0n) is 16.0. The summed E-state index contributed by atoms with van der Waals surface area (Å²) in [4.78, 5) is 21.6. The van der Waals surface area contributed by atoms with Crippen molar-refractivity contribution in [1.82, 2.24) is 24.9 Å². The van der Waals surface area contributed by atoms with Gasteiger partial charge >= 0.3 is 0 Å². The van der Waals surface area contributed by atoms with E-state index in [1.807, 2.05) is 25.3 Å². The Morgan fingerprint density at radius 1 is 1.14 bits per heavy atom. The Balaban J connectivity index is 0.00000225. The molecule has 1 aliphatic rings. The van der Waals surface area contributed by atoms with E-state index >= 15 is 0 Å². The van der Waals surface area contributed by atoms with Gasteiger partial charge in [-0.25, -0.2) is 19.9 Å². The average Bonchev–Trinajstić information content (AvgIpc) is 2.72. The molecule has 0 saturated carbocycles. The van der Waals surface area contributed by atoms with E-state index in [-0.39, 0.29) is 19.4 Å². The van der Waals surface area contributed by atoms with Crippen LogP contribution in [0.1, 0.15) is 36.3 Å². The number of pyridine rings is 1. The lowest BCUT2D eigenvalue weighted by Gasteiger charge is -2.22. The van der Waals surface area contributed by atoms with Crippen molar-refractivity contribution in [2.75, 3.05) is 18.5 Å². The molecule has 1 N–H and O–H groups in total. The molecule has 0 saturated heterocycles. The molecule has 0 aliphatic carbocycles. The minimum Gasteiger partial charge on any atom is -0.491 e. The molecule has 146 valence electrons. The molecule has 0 aromatic carbocycles. The van der Waals surface area contributed by atoms with Gasteiger partial charge < -0.3 is 10.1 Å². The summed E-state index contributed by atoms with van der Waals surface area (Å²) < 4.78 is 5.88. The molecule has 28 heavy (non-hydrogen) atoms. The highest BCUT2D eigenvalue weighted by atomic mass is 32.1. The molecule has 0 spiro atoms. The largest absolute Gasteiger partial charge is 0.491 e. The van der Waals surface area contributed by atoms with Gasteiger partial charge in [0.15, 0.2) is 0 Å². The number of aromatic nitrogens is 5. The molecule has 1 atom stereocenters. The second kappa shape index (κ2) is 8.97. The van der Waals surface area contributed by atoms with Crippen LogP contribution < -0.4 is 10.1 Å². The summed E-state index contributed by atoms with van der Waals surface area (Å²) in [5, 5.41) is 3.40. The van der Waals surface area contributed by atoms with Crippen molar-refractivity contribution in [2.24, 2.45) is 0 Å². The molecule has 4 rings (SSSR count). The van der Waals surface area contributed by atoms with Gasteiger partial charge in [0.25, 0.3) is 0 Å². The number of hydrogen-bond acceptors (Lipinski definition) is 7. The van der Waals surface area contributed by atoms with Crippen molar-refractivity contribution in [1.29, 1.82) is 0 Å². The molecule has 0 bridgehead atoms. The first-order valence-electron chi connectivity index (χ1n) is 9.16. The van der Waals surface area contributed by atoms with Gasteiger partial charge in [0.05, 0.1) is 18.0 Å². The fraction of sp³-hybridized carbons (Fsp3) is 0.350. The molecule has 0 fully saturated rings. The summed E-state index contributed by atoms with van der Waals surface area (Å²) in [6.07, 6.45) is 8.99. The van der Waals surface area contributed by atoms with Crippen LogP contribution in [0.25, 0.3) is 11.3 Å². The van der Waals surface area contributed by atoms with E-state index in [1.54, 1.807) is 18.7 Å². The predicted octanol–water partition coefficient (Wildman–Crippen LogP) is 3.29. The van der Waals surface area contributed by atoms with Gasteiger partial charge in [-0.3, -0.25) is 4.98 Å². The fourth-order valence-corrected chi connectivity index (χ4v) is 3.16. The van der Waals surface area contributed by atoms with Gasteiger partial charge in [-0.15, -0.1) is 0 Å². The molecule has 3 aromatic rings. The maximum absolute atomic E-state index is 5.88. The summed E-state index contributed by atoms with van der Waals surface area (Å²) in [5.74, 6) is 2.73. The Hall–Kier alpha value is -2.74. The molecule has 0 unspecified atom stereocenters. The number of rotatable bonds is 5. The minimum atomic E-state index is 0. The Morgan fingerprint density at radius 2 is 1.96 bits per heavy atom. The van der Waals surface area contributed by atoms with Crippen molar-refractivity contribution in [3.8, 4) is 17.0 Å². The summed E-state index contributed by atoms with van der Waals surface area (Å²) in [6, 6.07) is 3.96. The Kier molecular flexibility index (Phi) is 6.41. The molecular formula is C20H24N6OS. The zero-order chi connectivity index (χ0) is 18.6. The van der Waals surface area contributed by atoms with Gasteiger partial charge in [0, 0.05) is 48.2 Å². The van der Waals surface area contributed by atoms with Crippen molar-refractivity contribution in [2.45, 2.75) is 32.6 Å². The van der Waals surface area contributed by atoms with Crippen LogP contribution in [0.15, 0.2) is 37.1 Å². The van der Waals surface area contributed by atoms with Crippen LogP contribution in [0.2, 0.25) is 0 Å². The minimum absolute atomic E-state index is 0. The van der Waals surface area contributed by atoms with Crippen molar-refractivity contribution in [3.63, 3.8) is 0 Å². The smallest absolute Gasteiger partial charge is 0.144 e. The maximum Gasteiger partial charge on any atom is 0.144 e. The first-order chi connectivity index (χ1) is 13.2. The van der Waals surface area contributed by atoms with E-state index in [1.165, 1.54) is 5.56 Å². The molecule has 0 amide bonds. The zero-order valence-corrected chi connectivity index (χ0v) is 17.0. The number of hydrogen-bond donors (Lipinski definition) is 1. The lowest BCUT2D eigenvalue weighted by Crippen LogP contribution is -2.16. The molecule has 1 aliphatic heterocycles. The number of fused-ring (bicyclic) bond motifs is 1. The van der Waals surface area contributed by atoms with Crippen LogP contribution in [0.5, 0.6) is 5.75 Å². The fourth-order valence-electron chi connectivity index (χ4n) is 3.16. The van der Waals surface area contributed by atoms with Crippen molar-refractivity contribution >= 4 is 19.3 Å². The number of nitrogens with one attached hydrogen (secondary N) is 1. The van der Waals surface area contributed by atoms with Crippen molar-refractivity contribution in [3.05, 3.63) is 54.1 Å². The summed E-state index contributed by atoms with van der Waals surface area (Å²) in [7, 11) is 0. The van der Waals surface area contributed by atoms with E-state index in [2.05, 4.69) is 37.2 Å². The highest BCUT2D eigenvalue weighted by Gasteiger charge is 2.19. The number of anilines is 1. The Bertz CT molecular complexity index is 934. The van der Waals surface area contributed by atoms with Crippen LogP contribution >= 0.6 is 13.5 Å². The molecule has 0 radical (unpaired) electrons. The highest BCUT2D eigenvalue weighted by molar-refractivity contribution is 7.59. The van der Waals surface area contributed by atoms with Crippen LogP contribution in [0.3, 0.4) is 0 Å². The topological polar surface area (TPSA) is 85.7 Å². The summed E-state index contributed by atoms with van der Waals surface area (Å²) in [5.41, 5.74) is 3.92. The Labute approximate surface area is 171 Å². The number of aryl methyl sites for hydroxylation is 2. The lowest BCUT2D eigenvalue weighted by atomic mass is 9.98. The van der Waals surface area contributed by atoms with Crippen LogP contribution in [0.4, 0.5) is 5.82 Å². The van der Waals surface area contributed by atoms with Gasteiger partial charge in [-0.1, -0.05) is 6.92 Å². The summed E-state index contributed by atoms with van der Waals surface area (Å²) >= 11 is 0. The van der Waals surface area contributed by atoms with E-state index in [0.29, 0.717) is 0 Å². The predicted molar refractivity (Wildman–Crippen MR) is 113 cm³/mol. The molecule has 3 aromatic heterocycles. The van der Waals surface area contributed by atoms with Gasteiger partial charge in [0.1, 0.15) is 23.7 Å². The lowest BCUT2D eigenvalue weighted by molar-refractivity contribution is 0.280. The van der Waals surface area contributed by atoms with E-state index in [4.69, 9.17) is 4.74 Å². The third-order valence-corrected chi connectivity index (χ3v) is 4.68. The van der Waals surface area contributed by atoms with Crippen LogP contribution in [0, 0.1) is 6.92 Å². The first-order valence-corrected chi connectivity index (χ1v) is 9.16. The van der Waals surface area contributed by atoms with E-state index in [9.17, 15) is 0 Å². The quantitative estimate of drug-likeness (QED) is 0.708. The van der Waals surface area contributed by atoms with Crippen molar-refractivity contribution < 1.29 is 4.74 Å². The summed E-state index contributed by atoms with van der Waals surface area (Å²) in [6.45, 7) is 5.54. The molecule has 8 heteroatoms. The second-order valence-corrected chi connectivity index (χ2v) is 6.72. The number of nitrogens with zero attached hydrogens (tertiary/aromatic N) is 5. The number of ether oxygens (including phenoxy) is 1.